The van der Waals surface area contributed by atoms with Gasteiger partial charge in [0.1, 0.15) is 35.7 Å². The van der Waals surface area contributed by atoms with Crippen LogP contribution in [-0.4, -0.2) is 158 Å². The number of aromatic nitrogens is 4. The lowest BCUT2D eigenvalue weighted by atomic mass is 9.76. The van der Waals surface area contributed by atoms with Crippen molar-refractivity contribution in [2.24, 2.45) is 17.3 Å². The number of nitrogens with zero attached hydrogens (tertiary/aromatic N) is 8. The van der Waals surface area contributed by atoms with Crippen LogP contribution in [0.15, 0.2) is 66.3 Å². The number of benzene rings is 3. The molecule has 2 bridgehead atoms. The van der Waals surface area contributed by atoms with Gasteiger partial charge < -0.3 is 35.4 Å². The van der Waals surface area contributed by atoms with Gasteiger partial charge in [-0.2, -0.15) is 9.97 Å². The maximum atomic E-state index is 16.3. The smallest absolute Gasteiger partial charge is 0.319 e. The Labute approximate surface area is 477 Å². The van der Waals surface area contributed by atoms with Crippen LogP contribution in [0.3, 0.4) is 0 Å². The lowest BCUT2D eigenvalue weighted by Crippen LogP contribution is -2.61. The van der Waals surface area contributed by atoms with Crippen molar-refractivity contribution < 1.29 is 33.7 Å². The first-order chi connectivity index (χ1) is 38.8. The van der Waals surface area contributed by atoms with Gasteiger partial charge in [0.25, 0.3) is 0 Å². The van der Waals surface area contributed by atoms with E-state index in [1.54, 1.807) is 11.3 Å². The van der Waals surface area contributed by atoms with Crippen molar-refractivity contribution in [1.29, 1.82) is 0 Å². The molecule has 2 amide bonds. The molecule has 5 aliphatic heterocycles. The molecule has 4 N–H and O–H groups in total. The molecule has 7 atom stereocenters. The molecule has 5 fully saturated rings. The summed E-state index contributed by atoms with van der Waals surface area (Å²) in [7, 11) is 0. The molecule has 3 aromatic carbocycles. The number of hydrogen-bond donors (Lipinski definition) is 4. The Hall–Kier alpha value is -6.18. The number of anilines is 1. The Morgan fingerprint density at radius 2 is 1.73 bits per heavy atom. The summed E-state index contributed by atoms with van der Waals surface area (Å²) in [4.78, 5) is 70.7. The molecule has 0 saturated carbocycles. The van der Waals surface area contributed by atoms with E-state index in [0.717, 1.165) is 118 Å². The molecule has 5 saturated heterocycles. The monoisotopic (exact) mass is 1120 g/mol. The Morgan fingerprint density at radius 1 is 0.975 bits per heavy atom. The van der Waals surface area contributed by atoms with Gasteiger partial charge in [0.05, 0.1) is 51.4 Å². The molecule has 428 valence electrons. The summed E-state index contributed by atoms with van der Waals surface area (Å²) in [5.41, 5.74) is 7.68. The molecule has 12 rings (SSSR count). The van der Waals surface area contributed by atoms with Crippen molar-refractivity contribution in [3.8, 4) is 33.5 Å². The van der Waals surface area contributed by atoms with Crippen molar-refractivity contribution in [3.05, 3.63) is 88.7 Å². The minimum absolute atomic E-state index is 0.00136. The average molecular weight is 1120 g/mol. The zero-order valence-corrected chi connectivity index (χ0v) is 48.4. The summed E-state index contributed by atoms with van der Waals surface area (Å²) >= 11 is 1.58. The van der Waals surface area contributed by atoms with Crippen LogP contribution in [0.5, 0.6) is 11.8 Å². The number of carbonyl (C=O) groups excluding carboxylic acids is 3. The van der Waals surface area contributed by atoms with E-state index in [0.29, 0.717) is 44.1 Å². The fraction of sp³-hybridized carbons (Fsp3) is 0.540. The number of thiazole rings is 1. The van der Waals surface area contributed by atoms with E-state index in [1.807, 2.05) is 99.8 Å². The molecule has 3 unspecified atom stereocenters. The molecule has 0 radical (unpaired) electrons. The van der Waals surface area contributed by atoms with Crippen molar-refractivity contribution in [1.82, 2.24) is 45.3 Å². The number of rotatable bonds is 17. The molecule has 6 aromatic rings. The second kappa shape index (κ2) is 22.2. The van der Waals surface area contributed by atoms with Gasteiger partial charge in [0.15, 0.2) is 0 Å². The number of halogens is 1. The summed E-state index contributed by atoms with van der Waals surface area (Å²) in [5.74, 6) is 0.144. The maximum Gasteiger partial charge on any atom is 0.319 e. The summed E-state index contributed by atoms with van der Waals surface area (Å²) in [6, 6.07) is 17.9. The number of aryl methyl sites for hydroxylation is 1. The number of likely N-dealkylation sites (tertiary alicyclic amines) is 3. The third-order valence-corrected chi connectivity index (χ3v) is 19.5. The van der Waals surface area contributed by atoms with E-state index in [1.165, 1.54) is 10.5 Å². The topological polar surface area (TPSA) is 189 Å². The largest absolute Gasteiger partial charge is 0.508 e. The first kappa shape index (κ1) is 55.4. The van der Waals surface area contributed by atoms with Crippen molar-refractivity contribution >= 4 is 56.4 Å². The molecule has 16 nitrogen and oxygen atoms in total. The van der Waals surface area contributed by atoms with Crippen LogP contribution in [0.25, 0.3) is 43.4 Å². The fourth-order valence-electron chi connectivity index (χ4n) is 14.3. The highest BCUT2D eigenvalue weighted by molar-refractivity contribution is 7.13. The number of Topliss-reactive ketones (excluding diaryl/α,β-unsaturated/α-hetero) is 1. The van der Waals surface area contributed by atoms with E-state index in [-0.39, 0.29) is 80.2 Å². The van der Waals surface area contributed by atoms with E-state index >= 15 is 4.39 Å². The maximum absolute atomic E-state index is 16.3. The van der Waals surface area contributed by atoms with Crippen LogP contribution >= 0.6 is 11.3 Å². The number of carbonyl (C=O) groups is 3. The van der Waals surface area contributed by atoms with Gasteiger partial charge in [-0.15, -0.1) is 11.3 Å². The molecule has 1 aliphatic carbocycles. The normalized spacial score (nSPS) is 23.6. The number of aliphatic hydroxyl groups is 1. The van der Waals surface area contributed by atoms with Crippen LogP contribution in [0.2, 0.25) is 0 Å². The number of phenolic OH excluding ortho intramolecular Hbond substituents is 1. The van der Waals surface area contributed by atoms with Crippen LogP contribution in [0, 0.1) is 24.2 Å². The van der Waals surface area contributed by atoms with Crippen LogP contribution in [0.1, 0.15) is 120 Å². The van der Waals surface area contributed by atoms with Crippen molar-refractivity contribution in [3.63, 3.8) is 0 Å². The molecule has 6 aliphatic rings. The number of phenols is 1. The number of fused-ring (bicyclic) bond motifs is 6. The third-order valence-electron chi connectivity index (χ3n) is 18.5. The van der Waals surface area contributed by atoms with E-state index in [4.69, 9.17) is 19.7 Å². The third kappa shape index (κ3) is 11.3. The summed E-state index contributed by atoms with van der Waals surface area (Å²) < 4.78 is 22.8. The number of aliphatic hydroxyl groups excluding tert-OH is 1. The van der Waals surface area contributed by atoms with Gasteiger partial charge >= 0.3 is 6.01 Å². The molecule has 81 heavy (non-hydrogen) atoms. The van der Waals surface area contributed by atoms with Gasteiger partial charge in [-0.3, -0.25) is 29.2 Å². The number of piperidine rings is 1. The van der Waals surface area contributed by atoms with Gasteiger partial charge in [-0.1, -0.05) is 70.2 Å². The Balaban J connectivity index is 0.616. The van der Waals surface area contributed by atoms with Crippen LogP contribution in [0.4, 0.5) is 10.2 Å². The molecular weight excluding hydrogens is 1040 g/mol. The van der Waals surface area contributed by atoms with Gasteiger partial charge in [-0.25, -0.2) is 9.37 Å². The number of ether oxygens (including phenoxy) is 1. The predicted octanol–water partition coefficient (Wildman–Crippen LogP) is 8.74. The summed E-state index contributed by atoms with van der Waals surface area (Å²) in [6.07, 6.45) is 6.19. The number of β-amino-alcohol motifs (C(OH)–C–C–N with tert-alkyl or cyclic N) is 1. The number of alkyl halides is 1. The van der Waals surface area contributed by atoms with Gasteiger partial charge in [0, 0.05) is 93.4 Å². The Morgan fingerprint density at radius 3 is 2.44 bits per heavy atom. The fourth-order valence-corrected chi connectivity index (χ4v) is 15.1. The van der Waals surface area contributed by atoms with Crippen molar-refractivity contribution in [2.75, 3.05) is 70.4 Å². The lowest BCUT2D eigenvalue weighted by molar-refractivity contribution is -0.145. The number of piperazine rings is 1. The van der Waals surface area contributed by atoms with Gasteiger partial charge in [-0.05, 0) is 116 Å². The lowest BCUT2D eigenvalue weighted by Gasteiger charge is -2.46. The number of pyridine rings is 1. The number of nitrogens with one attached hydrogen (secondary N) is 2. The molecule has 18 heteroatoms. The van der Waals surface area contributed by atoms with E-state index < -0.39 is 29.1 Å². The zero-order chi connectivity index (χ0) is 56.5. The highest BCUT2D eigenvalue weighted by Gasteiger charge is 2.47. The second-order valence-corrected chi connectivity index (χ2v) is 26.3. The second-order valence-electron chi connectivity index (χ2n) is 25.5. The summed E-state index contributed by atoms with van der Waals surface area (Å²) in [6.45, 7) is 17.1. The zero-order valence-electron chi connectivity index (χ0n) is 47.6. The first-order valence-electron chi connectivity index (χ1n) is 29.4. The molecule has 0 spiro atoms. The standard InChI is InChI=1S/C63H77FN10O6S/c1-36-48-9-7-8-42-24-46(76)25-49(54(42)48)55-53(36)56-50(28-65-55)58(73-29-43-14-15-44(30-73)68-43)70-61(69-56)80-23-22-71-20-18-39(19-21-71)27-63(64)33-72(34-63)31-45(75)16-17-51(62(4,5)6)60(79)74-32-47(77)26-52(74)59(78)67-37(2)40-10-12-41(13-11-40)57-38(3)66-35-81-57/h7-13,24-25,28,35-37,39,43-44,47,51-52,68,76-77H,14-23,26-27,29-34H2,1-6H3,(H,67,78)/t36?,37-,43?,44?,47+,51+,52-/m0/s1. The van der Waals surface area contributed by atoms with E-state index in [9.17, 15) is 24.6 Å². The number of ketones is 1. The molecule has 8 heterocycles. The molecule has 3 aromatic heterocycles. The predicted molar refractivity (Wildman–Crippen MR) is 313 cm³/mol. The molecular formula is C63H77FN10O6S. The number of hydrogen-bond acceptors (Lipinski definition) is 15. The van der Waals surface area contributed by atoms with Crippen LogP contribution in [-0.2, 0) is 14.4 Å². The van der Waals surface area contributed by atoms with Crippen molar-refractivity contribution in [2.45, 2.75) is 135 Å². The number of aromatic hydroxyl groups is 1. The highest BCUT2D eigenvalue weighted by atomic mass is 32.1. The van der Waals surface area contributed by atoms with Gasteiger partial charge in [0.2, 0.25) is 11.8 Å². The highest BCUT2D eigenvalue weighted by Crippen LogP contribution is 2.49. The quantitative estimate of drug-likeness (QED) is 0.0679. The van der Waals surface area contributed by atoms with E-state index in [2.05, 4.69) is 38.4 Å². The minimum atomic E-state index is -1.34. The Bertz CT molecular complexity index is 3340. The van der Waals surface area contributed by atoms with Crippen LogP contribution < -0.4 is 20.3 Å². The minimum Gasteiger partial charge on any atom is -0.508 e. The Kier molecular flexibility index (Phi) is 15.2. The first-order valence-corrected chi connectivity index (χ1v) is 30.3. The average Bonchev–Trinajstić information content (AvgIpc) is 4.36. The SMILES string of the molecule is Cc1ncsc1-c1ccc([C@H](C)NC(=O)[C@@H]2C[C@@H](O)CN2C(=O)[C@@H](CCC(=O)CN2CC(F)(CC3CCN(CCOc4nc(N5CC6CCC(C5)N6)c5cnc6c(c5n4)C(C)c4cccc5cc(O)cc-6c45)CC3)C2)C(C)(C)C)cc1. The number of amides is 2. The summed E-state index contributed by atoms with van der Waals surface area (Å²) in [5, 5.41) is 31.4.